The van der Waals surface area contributed by atoms with E-state index in [1.54, 1.807) is 27.7 Å². The molecule has 5 aliphatic rings. The lowest BCUT2D eigenvalue weighted by molar-refractivity contribution is -0.220. The van der Waals surface area contributed by atoms with Crippen molar-refractivity contribution in [3.05, 3.63) is 35.9 Å². The Labute approximate surface area is 345 Å². The monoisotopic (exact) mass is 824 g/mol. The number of likely N-dealkylation sites (tertiary alicyclic amines) is 1. The Hall–Kier alpha value is -4.55. The molecule has 5 amide bonds. The van der Waals surface area contributed by atoms with Crippen LogP contribution in [0.15, 0.2) is 30.3 Å². The Morgan fingerprint density at radius 2 is 1.51 bits per heavy atom. The highest BCUT2D eigenvalue weighted by molar-refractivity contribution is 6.47. The fourth-order valence-electron chi connectivity index (χ4n) is 9.25. The van der Waals surface area contributed by atoms with Crippen molar-refractivity contribution < 1.29 is 53.1 Å². The second-order valence-electron chi connectivity index (χ2n) is 18.1. The van der Waals surface area contributed by atoms with Crippen LogP contribution in [-0.4, -0.2) is 113 Å². The van der Waals surface area contributed by atoms with E-state index < -0.39 is 104 Å². The smallest absolute Gasteiger partial charge is 0.481 e. The summed E-state index contributed by atoms with van der Waals surface area (Å²) in [6, 6.07) is 3.36. The molecule has 3 saturated carbocycles. The molecule has 0 unspecified atom stereocenters. The molecule has 0 aromatic heterocycles. The number of rotatable bonds is 18. The minimum atomic E-state index is -1.51. The van der Waals surface area contributed by atoms with Gasteiger partial charge in [0, 0.05) is 18.4 Å². The Kier molecular flexibility index (Phi) is 14.2. The maximum Gasteiger partial charge on any atom is 0.486 e. The largest absolute Gasteiger partial charge is 0.486 e. The van der Waals surface area contributed by atoms with E-state index in [1.807, 2.05) is 30.3 Å². The molecule has 17 nitrogen and oxygen atoms in total. The van der Waals surface area contributed by atoms with Gasteiger partial charge in [0.1, 0.15) is 24.2 Å². The third-order valence-electron chi connectivity index (χ3n) is 13.3. The van der Waals surface area contributed by atoms with Crippen LogP contribution in [0.3, 0.4) is 0 Å². The van der Waals surface area contributed by atoms with E-state index in [9.17, 15) is 38.7 Å². The Balaban J connectivity index is 1.28. The fourth-order valence-corrected chi connectivity index (χ4v) is 9.25. The minimum Gasteiger partial charge on any atom is -0.481 e. The van der Waals surface area contributed by atoms with Gasteiger partial charge in [0.15, 0.2) is 0 Å². The van der Waals surface area contributed by atoms with Crippen molar-refractivity contribution in [3.8, 4) is 0 Å². The number of hydrogen-bond acceptors (Lipinski definition) is 10. The van der Waals surface area contributed by atoms with Gasteiger partial charge in [0.05, 0.1) is 30.6 Å². The number of hydrogen-bond donors (Lipinski definition) is 7. The SMILES string of the molecule is CC(C)[C@H](NC(=O)[C@H](CCC(=O)O)NC(=O)[C@@H](N)CC(=O)O)C(=O)N[C@H](C(=O)N1CCC[C@H]1C(=O)N[C@H](B1O[C@@H]2[C@@H](C[C@@H]3C[C@@]2(C)C3(C)C)O1)c1ccccc1)C(C)C. The lowest BCUT2D eigenvalue weighted by Gasteiger charge is -2.67. The van der Waals surface area contributed by atoms with Gasteiger partial charge in [0.25, 0.3) is 0 Å². The van der Waals surface area contributed by atoms with Crippen LogP contribution >= 0.6 is 0 Å². The molecule has 59 heavy (non-hydrogen) atoms. The molecule has 2 saturated heterocycles. The number of aliphatic carboxylic acids is 2. The first-order valence-electron chi connectivity index (χ1n) is 20.7. The first kappa shape index (κ1) is 45.5. The van der Waals surface area contributed by atoms with Crippen molar-refractivity contribution in [1.29, 1.82) is 0 Å². The predicted molar refractivity (Wildman–Crippen MR) is 215 cm³/mol. The lowest BCUT2D eigenvalue weighted by Crippen LogP contribution is -2.66. The van der Waals surface area contributed by atoms with E-state index in [2.05, 4.69) is 42.0 Å². The summed E-state index contributed by atoms with van der Waals surface area (Å²) >= 11 is 0. The Morgan fingerprint density at radius 1 is 0.864 bits per heavy atom. The highest BCUT2D eigenvalue weighted by Crippen LogP contribution is 2.69. The average molecular weight is 825 g/mol. The van der Waals surface area contributed by atoms with E-state index in [1.165, 1.54) is 4.90 Å². The predicted octanol–water partition coefficient (Wildman–Crippen LogP) is 1.54. The number of amides is 5. The number of carboxylic acids is 2. The maximum absolute atomic E-state index is 14.3. The summed E-state index contributed by atoms with van der Waals surface area (Å²) in [5.41, 5.74) is 6.51. The average Bonchev–Trinajstić information content (AvgIpc) is 3.85. The van der Waals surface area contributed by atoms with Gasteiger partial charge in [-0.05, 0) is 60.8 Å². The molecular formula is C41H61BN6O11. The number of nitrogens with one attached hydrogen (secondary N) is 4. The van der Waals surface area contributed by atoms with Gasteiger partial charge < -0.3 is 51.4 Å². The molecule has 1 aromatic carbocycles. The van der Waals surface area contributed by atoms with Gasteiger partial charge in [-0.2, -0.15) is 0 Å². The summed E-state index contributed by atoms with van der Waals surface area (Å²) in [5, 5.41) is 29.1. The third kappa shape index (κ3) is 9.75. The standard InChI is InChI=1S/C41H61BN6O11/c1-21(2)31(45-36(54)26(15-16-29(49)50)44-35(53)25(43)19-30(51)52)38(56)46-32(22(3)4)39(57)48-17-11-14-27(48)37(55)47-34(23-12-9-8-10-13-23)42-58-28-18-24-20-41(7,33(28)59-42)40(24,5)6/h8-10,12-13,21-22,24-28,31-34H,11,14-20,43H2,1-7H3,(H,44,53)(H,45,54)(H,46,56)(H,47,55)(H,49,50)(H,51,52)/t24-,25+,26+,27+,28-,31+,32+,33-,34+,41-/m1/s1. The summed E-state index contributed by atoms with van der Waals surface area (Å²) in [7, 11) is -0.738. The first-order chi connectivity index (χ1) is 27.7. The van der Waals surface area contributed by atoms with Gasteiger partial charge in [-0.25, -0.2) is 0 Å². The molecule has 2 bridgehead atoms. The molecule has 2 heterocycles. The highest BCUT2D eigenvalue weighted by Gasteiger charge is 2.69. The molecule has 10 atom stereocenters. The first-order valence-corrected chi connectivity index (χ1v) is 20.7. The summed E-state index contributed by atoms with van der Waals surface area (Å²) in [4.78, 5) is 92.4. The summed E-state index contributed by atoms with van der Waals surface area (Å²) in [5.74, 6) is -7.10. The number of carbonyl (C=O) groups excluding carboxylic acids is 5. The molecule has 5 fully saturated rings. The molecule has 0 radical (unpaired) electrons. The Bertz CT molecular complexity index is 1760. The van der Waals surface area contributed by atoms with Crippen LogP contribution in [0.2, 0.25) is 0 Å². The fraction of sp³-hybridized carbons (Fsp3) is 0.683. The second-order valence-corrected chi connectivity index (χ2v) is 18.1. The molecule has 6 rings (SSSR count). The number of nitrogens with zero attached hydrogens (tertiary/aromatic N) is 1. The van der Waals surface area contributed by atoms with Crippen molar-refractivity contribution in [2.75, 3.05) is 6.54 Å². The molecule has 8 N–H and O–H groups in total. The van der Waals surface area contributed by atoms with E-state index in [4.69, 9.17) is 20.1 Å². The molecule has 18 heteroatoms. The zero-order chi connectivity index (χ0) is 43.6. The van der Waals surface area contributed by atoms with Crippen LogP contribution in [-0.2, 0) is 42.9 Å². The van der Waals surface area contributed by atoms with Gasteiger partial charge >= 0.3 is 19.1 Å². The number of nitrogens with two attached hydrogens (primary N) is 1. The van der Waals surface area contributed by atoms with Crippen LogP contribution in [0.25, 0.3) is 0 Å². The van der Waals surface area contributed by atoms with Crippen molar-refractivity contribution in [1.82, 2.24) is 26.2 Å². The molecule has 0 spiro atoms. The quantitative estimate of drug-likeness (QED) is 0.104. The van der Waals surface area contributed by atoms with Crippen LogP contribution < -0.4 is 27.0 Å². The maximum atomic E-state index is 14.3. The van der Waals surface area contributed by atoms with Crippen LogP contribution in [0, 0.1) is 28.6 Å². The minimum absolute atomic E-state index is 0.0572. The lowest BCUT2D eigenvalue weighted by atomic mass is 9.39. The topological polar surface area (TPSA) is 256 Å². The molecule has 324 valence electrons. The van der Waals surface area contributed by atoms with E-state index >= 15 is 0 Å². The molecule has 3 aliphatic carbocycles. The van der Waals surface area contributed by atoms with Crippen molar-refractivity contribution in [2.45, 2.75) is 142 Å². The Morgan fingerprint density at radius 3 is 2.10 bits per heavy atom. The van der Waals surface area contributed by atoms with E-state index in [0.717, 1.165) is 18.4 Å². The normalized spacial score (nSPS) is 26.7. The second kappa shape index (κ2) is 18.4. The van der Waals surface area contributed by atoms with Gasteiger partial charge in [-0.3, -0.25) is 33.6 Å². The summed E-state index contributed by atoms with van der Waals surface area (Å²) in [6.07, 6.45) is 1.08. The summed E-state index contributed by atoms with van der Waals surface area (Å²) < 4.78 is 13.3. The number of carboxylic acid groups (broad SMARTS) is 2. The van der Waals surface area contributed by atoms with Crippen LogP contribution in [0.1, 0.15) is 105 Å². The summed E-state index contributed by atoms with van der Waals surface area (Å²) in [6.45, 7) is 13.9. The van der Waals surface area contributed by atoms with Crippen LogP contribution in [0.4, 0.5) is 0 Å². The van der Waals surface area contributed by atoms with E-state index in [-0.39, 0.29) is 41.9 Å². The van der Waals surface area contributed by atoms with Crippen molar-refractivity contribution in [2.24, 2.45) is 34.3 Å². The van der Waals surface area contributed by atoms with Crippen molar-refractivity contribution >= 4 is 48.6 Å². The number of carbonyl (C=O) groups is 7. The zero-order valence-electron chi connectivity index (χ0n) is 35.1. The molecule has 1 aromatic rings. The van der Waals surface area contributed by atoms with Gasteiger partial charge in [-0.1, -0.05) is 78.8 Å². The van der Waals surface area contributed by atoms with Crippen LogP contribution in [0.5, 0.6) is 0 Å². The van der Waals surface area contributed by atoms with Gasteiger partial charge in [0.2, 0.25) is 29.5 Å². The van der Waals surface area contributed by atoms with E-state index in [0.29, 0.717) is 18.8 Å². The highest BCUT2D eigenvalue weighted by atomic mass is 16.7. The number of benzene rings is 1. The van der Waals surface area contributed by atoms with Gasteiger partial charge in [-0.15, -0.1) is 0 Å². The zero-order valence-corrected chi connectivity index (χ0v) is 35.1. The third-order valence-corrected chi connectivity index (χ3v) is 13.3. The molecular weight excluding hydrogens is 763 g/mol. The molecule has 2 aliphatic heterocycles. The van der Waals surface area contributed by atoms with Crippen molar-refractivity contribution in [3.63, 3.8) is 0 Å².